The van der Waals surface area contributed by atoms with Crippen molar-refractivity contribution in [3.05, 3.63) is 0 Å². The second kappa shape index (κ2) is 7.61. The first-order valence-corrected chi connectivity index (χ1v) is 7.88. The third-order valence-electron chi connectivity index (χ3n) is 4.95. The van der Waals surface area contributed by atoms with E-state index < -0.39 is 0 Å². The summed E-state index contributed by atoms with van der Waals surface area (Å²) in [5.74, 6) is 0. The lowest BCUT2D eigenvalue weighted by molar-refractivity contribution is -0.000622. The van der Waals surface area contributed by atoms with Gasteiger partial charge < -0.3 is 15.2 Å². The lowest BCUT2D eigenvalue weighted by atomic mass is 9.76. The molecule has 19 heavy (non-hydrogen) atoms. The summed E-state index contributed by atoms with van der Waals surface area (Å²) >= 11 is 0. The highest BCUT2D eigenvalue weighted by atomic mass is 16.5. The molecule has 1 rings (SSSR count). The third kappa shape index (κ3) is 5.41. The first-order valence-electron chi connectivity index (χ1n) is 7.88. The van der Waals surface area contributed by atoms with Crippen LogP contribution in [-0.4, -0.2) is 37.0 Å². The van der Waals surface area contributed by atoms with E-state index in [0.717, 1.165) is 25.9 Å². The van der Waals surface area contributed by atoms with Crippen LogP contribution in [0.3, 0.4) is 0 Å². The molecule has 0 aromatic heterocycles. The number of ether oxygens (including phenoxy) is 1. The Morgan fingerprint density at radius 1 is 1.32 bits per heavy atom. The number of aliphatic hydroxyl groups is 1. The fourth-order valence-electron chi connectivity index (χ4n) is 2.95. The molecule has 1 aliphatic rings. The molecule has 0 bridgehead atoms. The molecule has 0 saturated heterocycles. The zero-order valence-corrected chi connectivity index (χ0v) is 13.3. The van der Waals surface area contributed by atoms with Crippen LogP contribution in [0, 0.1) is 5.41 Å². The summed E-state index contributed by atoms with van der Waals surface area (Å²) < 4.78 is 6.00. The minimum Gasteiger partial charge on any atom is -0.394 e. The smallest absolute Gasteiger partial charge is 0.0613 e. The van der Waals surface area contributed by atoms with Gasteiger partial charge in [-0.3, -0.25) is 0 Å². The number of aliphatic hydroxyl groups excluding tert-OH is 1. The van der Waals surface area contributed by atoms with Gasteiger partial charge in [0.25, 0.3) is 0 Å². The Balaban J connectivity index is 2.17. The monoisotopic (exact) mass is 271 g/mol. The summed E-state index contributed by atoms with van der Waals surface area (Å²) in [7, 11) is 1.93. The SMILES string of the molecule is CCC(CO)(CCCOC1CCC(C)(C)CC1)NC. The molecule has 0 aromatic rings. The van der Waals surface area contributed by atoms with E-state index in [1.54, 1.807) is 0 Å². The highest BCUT2D eigenvalue weighted by Crippen LogP contribution is 2.36. The topological polar surface area (TPSA) is 41.5 Å². The van der Waals surface area contributed by atoms with Crippen molar-refractivity contribution >= 4 is 0 Å². The highest BCUT2D eigenvalue weighted by Gasteiger charge is 2.28. The molecule has 0 heterocycles. The van der Waals surface area contributed by atoms with Gasteiger partial charge in [0.05, 0.1) is 12.7 Å². The van der Waals surface area contributed by atoms with Crippen molar-refractivity contribution < 1.29 is 9.84 Å². The molecule has 1 atom stereocenters. The maximum Gasteiger partial charge on any atom is 0.0613 e. The molecular formula is C16H33NO2. The molecule has 1 saturated carbocycles. The number of hydrogen-bond acceptors (Lipinski definition) is 3. The zero-order chi connectivity index (χ0) is 14.4. The van der Waals surface area contributed by atoms with Crippen LogP contribution in [-0.2, 0) is 4.74 Å². The average Bonchev–Trinajstić information content (AvgIpc) is 2.41. The summed E-state index contributed by atoms with van der Waals surface area (Å²) in [6.45, 7) is 7.86. The molecule has 0 radical (unpaired) electrons. The van der Waals surface area contributed by atoms with Crippen molar-refractivity contribution in [1.29, 1.82) is 0 Å². The molecule has 114 valence electrons. The third-order valence-corrected chi connectivity index (χ3v) is 4.95. The van der Waals surface area contributed by atoms with Gasteiger partial charge in [-0.2, -0.15) is 0 Å². The molecule has 0 amide bonds. The Morgan fingerprint density at radius 3 is 2.42 bits per heavy atom. The van der Waals surface area contributed by atoms with Gasteiger partial charge in [-0.05, 0) is 57.4 Å². The molecular weight excluding hydrogens is 238 g/mol. The number of nitrogens with one attached hydrogen (secondary N) is 1. The fourth-order valence-corrected chi connectivity index (χ4v) is 2.95. The zero-order valence-electron chi connectivity index (χ0n) is 13.3. The largest absolute Gasteiger partial charge is 0.394 e. The first kappa shape index (κ1) is 16.9. The van der Waals surface area contributed by atoms with Gasteiger partial charge in [0.2, 0.25) is 0 Å². The number of hydrogen-bond donors (Lipinski definition) is 2. The number of rotatable bonds is 8. The van der Waals surface area contributed by atoms with Gasteiger partial charge in [0.15, 0.2) is 0 Å². The second-order valence-corrected chi connectivity index (χ2v) is 6.88. The molecule has 0 spiro atoms. The van der Waals surface area contributed by atoms with Crippen molar-refractivity contribution in [3.8, 4) is 0 Å². The van der Waals surface area contributed by atoms with Crippen LogP contribution in [0.15, 0.2) is 0 Å². The summed E-state index contributed by atoms with van der Waals surface area (Å²) in [6.07, 6.45) is 8.40. The Labute approximate surface area is 119 Å². The fraction of sp³-hybridized carbons (Fsp3) is 1.00. The molecule has 3 nitrogen and oxygen atoms in total. The predicted molar refractivity (Wildman–Crippen MR) is 80.4 cm³/mol. The standard InChI is InChI=1S/C16H33NO2/c1-5-16(13-18,17-4)9-6-12-19-14-7-10-15(2,3)11-8-14/h14,17-18H,5-13H2,1-4H3. The lowest BCUT2D eigenvalue weighted by Gasteiger charge is -2.34. The van der Waals surface area contributed by atoms with Gasteiger partial charge in [-0.25, -0.2) is 0 Å². The van der Waals surface area contributed by atoms with Crippen molar-refractivity contribution in [1.82, 2.24) is 5.32 Å². The van der Waals surface area contributed by atoms with E-state index in [9.17, 15) is 5.11 Å². The molecule has 0 aliphatic heterocycles. The van der Waals surface area contributed by atoms with E-state index in [-0.39, 0.29) is 12.1 Å². The lowest BCUT2D eigenvalue weighted by Crippen LogP contribution is -2.46. The Hall–Kier alpha value is -0.120. The van der Waals surface area contributed by atoms with Crippen molar-refractivity contribution in [2.24, 2.45) is 5.41 Å². The maximum atomic E-state index is 9.48. The second-order valence-electron chi connectivity index (χ2n) is 6.88. The summed E-state index contributed by atoms with van der Waals surface area (Å²) in [5.41, 5.74) is 0.401. The van der Waals surface area contributed by atoms with E-state index >= 15 is 0 Å². The van der Waals surface area contributed by atoms with Crippen LogP contribution < -0.4 is 5.32 Å². The van der Waals surface area contributed by atoms with Gasteiger partial charge in [0.1, 0.15) is 0 Å². The van der Waals surface area contributed by atoms with E-state index in [1.165, 1.54) is 25.7 Å². The quantitative estimate of drug-likeness (QED) is 0.667. The predicted octanol–water partition coefficient (Wildman–Crippen LogP) is 3.11. The number of likely N-dealkylation sites (N-methyl/N-ethyl adjacent to an activating group) is 1. The molecule has 3 heteroatoms. The minimum atomic E-state index is -0.113. The highest BCUT2D eigenvalue weighted by molar-refractivity contribution is 4.84. The van der Waals surface area contributed by atoms with Crippen LogP contribution in [0.25, 0.3) is 0 Å². The molecule has 1 fully saturated rings. The van der Waals surface area contributed by atoms with E-state index in [2.05, 4.69) is 26.1 Å². The molecule has 1 unspecified atom stereocenters. The van der Waals surface area contributed by atoms with E-state index in [0.29, 0.717) is 11.5 Å². The van der Waals surface area contributed by atoms with Gasteiger partial charge in [0, 0.05) is 12.1 Å². The molecule has 1 aliphatic carbocycles. The molecule has 0 aromatic carbocycles. The van der Waals surface area contributed by atoms with Crippen molar-refractivity contribution in [3.63, 3.8) is 0 Å². The van der Waals surface area contributed by atoms with Crippen LogP contribution in [0.4, 0.5) is 0 Å². The van der Waals surface area contributed by atoms with Crippen LogP contribution in [0.2, 0.25) is 0 Å². The Morgan fingerprint density at radius 2 is 1.95 bits per heavy atom. The molecule has 2 N–H and O–H groups in total. The first-order chi connectivity index (χ1) is 8.97. The van der Waals surface area contributed by atoms with E-state index in [1.807, 2.05) is 7.05 Å². The van der Waals surface area contributed by atoms with E-state index in [4.69, 9.17) is 4.74 Å². The summed E-state index contributed by atoms with van der Waals surface area (Å²) in [5, 5.41) is 12.7. The van der Waals surface area contributed by atoms with Gasteiger partial charge in [-0.15, -0.1) is 0 Å². The average molecular weight is 271 g/mol. The van der Waals surface area contributed by atoms with Crippen LogP contribution >= 0.6 is 0 Å². The van der Waals surface area contributed by atoms with Crippen LogP contribution in [0.1, 0.15) is 65.7 Å². The normalized spacial score (nSPS) is 23.2. The Kier molecular flexibility index (Phi) is 6.78. The summed E-state index contributed by atoms with van der Waals surface area (Å²) in [6, 6.07) is 0. The summed E-state index contributed by atoms with van der Waals surface area (Å²) in [4.78, 5) is 0. The van der Waals surface area contributed by atoms with Crippen molar-refractivity contribution in [2.45, 2.75) is 77.4 Å². The van der Waals surface area contributed by atoms with Gasteiger partial charge >= 0.3 is 0 Å². The maximum absolute atomic E-state index is 9.48. The van der Waals surface area contributed by atoms with Crippen molar-refractivity contribution in [2.75, 3.05) is 20.3 Å². The Bertz CT molecular complexity index is 231. The van der Waals surface area contributed by atoms with Crippen LogP contribution in [0.5, 0.6) is 0 Å². The minimum absolute atomic E-state index is 0.113. The van der Waals surface area contributed by atoms with Gasteiger partial charge in [-0.1, -0.05) is 20.8 Å².